The van der Waals surface area contributed by atoms with Crippen molar-refractivity contribution in [1.82, 2.24) is 9.80 Å². The van der Waals surface area contributed by atoms with Crippen molar-refractivity contribution in [3.8, 4) is 0 Å². The van der Waals surface area contributed by atoms with Crippen molar-refractivity contribution in [2.45, 2.75) is 19.4 Å². The van der Waals surface area contributed by atoms with E-state index in [1.165, 1.54) is 0 Å². The molecule has 0 aliphatic carbocycles. The van der Waals surface area contributed by atoms with Gasteiger partial charge in [-0.3, -0.25) is 14.5 Å². The van der Waals surface area contributed by atoms with Gasteiger partial charge < -0.3 is 10.0 Å². The summed E-state index contributed by atoms with van der Waals surface area (Å²) in [7, 11) is 0. The van der Waals surface area contributed by atoms with Crippen LogP contribution in [0, 0.1) is 0 Å². The van der Waals surface area contributed by atoms with E-state index in [4.69, 9.17) is 16.7 Å². The van der Waals surface area contributed by atoms with Gasteiger partial charge in [-0.1, -0.05) is 11.6 Å². The van der Waals surface area contributed by atoms with Crippen molar-refractivity contribution < 1.29 is 14.7 Å². The number of halogens is 1. The van der Waals surface area contributed by atoms with Crippen LogP contribution in [0.3, 0.4) is 0 Å². The summed E-state index contributed by atoms with van der Waals surface area (Å²) < 4.78 is 0. The van der Waals surface area contributed by atoms with Crippen LogP contribution in [0.25, 0.3) is 0 Å². The zero-order valence-electron chi connectivity index (χ0n) is 12.0. The highest BCUT2D eigenvalue weighted by atomic mass is 35.5. The number of rotatable bonds is 3. The third-order valence-corrected chi connectivity index (χ3v) is 4.07. The van der Waals surface area contributed by atoms with Crippen LogP contribution in [0.15, 0.2) is 24.3 Å². The summed E-state index contributed by atoms with van der Waals surface area (Å²) in [5.74, 6) is -0.857. The second-order valence-electron chi connectivity index (χ2n) is 5.20. The van der Waals surface area contributed by atoms with E-state index in [1.54, 1.807) is 36.1 Å². The molecule has 1 N–H and O–H groups in total. The molecule has 0 unspecified atom stereocenters. The second-order valence-corrected chi connectivity index (χ2v) is 5.64. The molecular weight excluding hydrogens is 292 g/mol. The van der Waals surface area contributed by atoms with Gasteiger partial charge in [-0.05, 0) is 37.6 Å². The molecule has 1 aromatic rings. The van der Waals surface area contributed by atoms with Crippen molar-refractivity contribution in [2.24, 2.45) is 0 Å². The number of aliphatic carboxylic acids is 1. The molecule has 1 amide bonds. The number of benzene rings is 1. The predicted molar refractivity (Wildman–Crippen MR) is 80.6 cm³/mol. The minimum Gasteiger partial charge on any atom is -0.480 e. The van der Waals surface area contributed by atoms with Crippen LogP contribution >= 0.6 is 11.6 Å². The summed E-state index contributed by atoms with van der Waals surface area (Å²) in [5, 5.41) is 9.67. The number of carbonyl (C=O) groups is 2. The Morgan fingerprint density at radius 1 is 1.14 bits per heavy atom. The minimum atomic E-state index is -0.826. The zero-order chi connectivity index (χ0) is 15.4. The fraction of sp³-hybridized carbons (Fsp3) is 0.467. The molecule has 1 atom stereocenters. The van der Waals surface area contributed by atoms with Crippen molar-refractivity contribution in [1.29, 1.82) is 0 Å². The smallest absolute Gasteiger partial charge is 0.320 e. The van der Waals surface area contributed by atoms with Crippen molar-refractivity contribution in [2.75, 3.05) is 26.2 Å². The summed E-state index contributed by atoms with van der Waals surface area (Å²) in [4.78, 5) is 27.1. The van der Waals surface area contributed by atoms with Crippen molar-refractivity contribution in [3.05, 3.63) is 34.9 Å². The van der Waals surface area contributed by atoms with Gasteiger partial charge in [0.15, 0.2) is 0 Å². The van der Waals surface area contributed by atoms with Gasteiger partial charge in [0.1, 0.15) is 6.04 Å². The van der Waals surface area contributed by atoms with Gasteiger partial charge in [0.05, 0.1) is 0 Å². The Balaban J connectivity index is 2.01. The fourth-order valence-electron chi connectivity index (χ4n) is 2.46. The summed E-state index contributed by atoms with van der Waals surface area (Å²) in [5.41, 5.74) is 0.610. The minimum absolute atomic E-state index is 0.0310. The maximum absolute atomic E-state index is 12.4. The van der Waals surface area contributed by atoms with E-state index in [0.717, 1.165) is 6.42 Å². The van der Waals surface area contributed by atoms with Gasteiger partial charge in [0, 0.05) is 36.8 Å². The van der Waals surface area contributed by atoms with E-state index in [-0.39, 0.29) is 5.91 Å². The summed E-state index contributed by atoms with van der Waals surface area (Å²) in [6.45, 7) is 4.13. The Morgan fingerprint density at radius 3 is 2.43 bits per heavy atom. The summed E-state index contributed by atoms with van der Waals surface area (Å²) in [6.07, 6.45) is 0.775. The van der Waals surface area contributed by atoms with Gasteiger partial charge in [-0.2, -0.15) is 0 Å². The lowest BCUT2D eigenvalue weighted by molar-refractivity contribution is -0.142. The quantitative estimate of drug-likeness (QED) is 0.927. The molecule has 6 heteroatoms. The number of carboxylic acids is 1. The number of hydrogen-bond donors (Lipinski definition) is 1. The molecule has 0 spiro atoms. The average molecular weight is 311 g/mol. The third-order valence-electron chi connectivity index (χ3n) is 3.81. The zero-order valence-corrected chi connectivity index (χ0v) is 12.7. The Labute approximate surface area is 129 Å². The van der Waals surface area contributed by atoms with Gasteiger partial charge in [0.25, 0.3) is 5.91 Å². The molecule has 1 heterocycles. The fourth-order valence-corrected chi connectivity index (χ4v) is 2.59. The monoisotopic (exact) mass is 310 g/mol. The molecule has 114 valence electrons. The molecule has 21 heavy (non-hydrogen) atoms. The van der Waals surface area contributed by atoms with Crippen LogP contribution < -0.4 is 0 Å². The van der Waals surface area contributed by atoms with Gasteiger partial charge in [0.2, 0.25) is 0 Å². The number of hydrogen-bond acceptors (Lipinski definition) is 3. The first kappa shape index (κ1) is 15.8. The largest absolute Gasteiger partial charge is 0.480 e. The van der Waals surface area contributed by atoms with E-state index in [2.05, 4.69) is 0 Å². The molecule has 1 aliphatic heterocycles. The molecule has 5 nitrogen and oxygen atoms in total. The second kappa shape index (κ2) is 6.91. The Hall–Kier alpha value is -1.59. The highest BCUT2D eigenvalue weighted by Crippen LogP contribution is 2.14. The van der Waals surface area contributed by atoms with Gasteiger partial charge in [-0.15, -0.1) is 0 Å². The standard InChI is InChI=1S/C15H19ClN2O3/c1-11(15(20)21)17-7-2-8-18(10-9-17)14(19)12-3-5-13(16)6-4-12/h3-6,11H,2,7-10H2,1H3,(H,20,21)/t11-/m0/s1. The molecule has 0 radical (unpaired) electrons. The van der Waals surface area contributed by atoms with Crippen LogP contribution in [0.2, 0.25) is 5.02 Å². The Bertz CT molecular complexity index is 518. The summed E-state index contributed by atoms with van der Waals surface area (Å²) >= 11 is 5.82. The number of nitrogens with zero attached hydrogens (tertiary/aromatic N) is 2. The van der Waals surface area contributed by atoms with E-state index < -0.39 is 12.0 Å². The molecule has 2 rings (SSSR count). The molecule has 0 aromatic heterocycles. The first-order valence-electron chi connectivity index (χ1n) is 7.00. The Morgan fingerprint density at radius 2 is 1.81 bits per heavy atom. The molecule has 1 saturated heterocycles. The van der Waals surface area contributed by atoms with E-state index >= 15 is 0 Å². The number of carboxylic acid groups (broad SMARTS) is 1. The Kier molecular flexibility index (Phi) is 5.20. The first-order valence-corrected chi connectivity index (χ1v) is 7.38. The molecular formula is C15H19ClN2O3. The van der Waals surface area contributed by atoms with Gasteiger partial charge in [-0.25, -0.2) is 0 Å². The molecule has 0 bridgehead atoms. The van der Waals surface area contributed by atoms with Crippen molar-refractivity contribution in [3.63, 3.8) is 0 Å². The third kappa shape index (κ3) is 3.95. The first-order chi connectivity index (χ1) is 9.99. The molecule has 1 aliphatic rings. The number of carbonyl (C=O) groups excluding carboxylic acids is 1. The highest BCUT2D eigenvalue weighted by molar-refractivity contribution is 6.30. The van der Waals surface area contributed by atoms with Crippen LogP contribution in [-0.4, -0.2) is 59.0 Å². The number of amides is 1. The summed E-state index contributed by atoms with van der Waals surface area (Å²) in [6, 6.07) is 6.31. The normalized spacial score (nSPS) is 18.1. The van der Waals surface area contributed by atoms with Gasteiger partial charge >= 0.3 is 5.97 Å². The lowest BCUT2D eigenvalue weighted by Crippen LogP contribution is -2.42. The highest BCUT2D eigenvalue weighted by Gasteiger charge is 2.25. The van der Waals surface area contributed by atoms with Crippen LogP contribution in [0.4, 0.5) is 0 Å². The molecule has 1 fully saturated rings. The molecule has 1 aromatic carbocycles. The predicted octanol–water partition coefficient (Wildman–Crippen LogP) is 1.96. The molecule has 0 saturated carbocycles. The average Bonchev–Trinajstić information content (AvgIpc) is 2.72. The van der Waals surface area contributed by atoms with Crippen LogP contribution in [-0.2, 0) is 4.79 Å². The maximum Gasteiger partial charge on any atom is 0.320 e. The van der Waals surface area contributed by atoms with Crippen molar-refractivity contribution >= 4 is 23.5 Å². The lowest BCUT2D eigenvalue weighted by atomic mass is 10.2. The van der Waals surface area contributed by atoms with Crippen LogP contribution in [0.1, 0.15) is 23.7 Å². The van der Waals surface area contributed by atoms with Crippen LogP contribution in [0.5, 0.6) is 0 Å². The SMILES string of the molecule is C[C@@H](C(=O)O)N1CCCN(C(=O)c2ccc(Cl)cc2)CC1. The van der Waals surface area contributed by atoms with E-state index in [1.807, 2.05) is 4.90 Å². The maximum atomic E-state index is 12.4. The lowest BCUT2D eigenvalue weighted by Gasteiger charge is -2.24. The topological polar surface area (TPSA) is 60.9 Å². The van der Waals surface area contributed by atoms with E-state index in [0.29, 0.717) is 36.8 Å². The van der Waals surface area contributed by atoms with E-state index in [9.17, 15) is 9.59 Å².